The van der Waals surface area contributed by atoms with E-state index in [1.54, 1.807) is 0 Å². The highest BCUT2D eigenvalue weighted by Gasteiger charge is 2.14. The Bertz CT molecular complexity index is 1080. The molecule has 3 aromatic rings. The molecule has 0 spiro atoms. The van der Waals surface area contributed by atoms with Gasteiger partial charge in [-0.25, -0.2) is 4.98 Å². The molecule has 0 unspecified atom stereocenters. The number of aromatic nitrogens is 3. The number of pyridine rings is 1. The molecule has 2 N–H and O–H groups in total. The van der Waals surface area contributed by atoms with Crippen LogP contribution in [0.2, 0.25) is 0 Å². The largest absolute Gasteiger partial charge is 0.379 e. The quantitative estimate of drug-likeness (QED) is 0.547. The molecular formula is C22H24N6O2S. The van der Waals surface area contributed by atoms with Crippen molar-refractivity contribution < 1.29 is 9.53 Å². The minimum atomic E-state index is -0.250. The molecule has 4 rings (SSSR count). The number of anilines is 3. The van der Waals surface area contributed by atoms with Gasteiger partial charge in [-0.05, 0) is 42.8 Å². The number of carbonyl (C=O) groups is 1. The number of nitrogens with zero attached hydrogens (tertiary/aromatic N) is 4. The molecule has 1 aromatic carbocycles. The van der Waals surface area contributed by atoms with Gasteiger partial charge in [0.25, 0.3) is 0 Å². The second-order valence-corrected chi connectivity index (χ2v) is 8.34. The topological polar surface area (TPSA) is 92.3 Å². The average Bonchev–Trinajstić information content (AvgIpc) is 3.19. The van der Waals surface area contributed by atoms with Crippen LogP contribution in [0.4, 0.5) is 16.6 Å². The molecule has 9 heteroatoms. The first-order chi connectivity index (χ1) is 15.1. The summed E-state index contributed by atoms with van der Waals surface area (Å²) in [5.74, 6) is 0.456. The van der Waals surface area contributed by atoms with Crippen molar-refractivity contribution >= 4 is 33.9 Å². The first kappa shape index (κ1) is 21.1. The van der Waals surface area contributed by atoms with E-state index < -0.39 is 0 Å². The second kappa shape index (κ2) is 9.78. The third-order valence-corrected chi connectivity index (χ3v) is 5.52. The number of hydrogen-bond acceptors (Lipinski definition) is 8. The molecule has 0 aliphatic carbocycles. The van der Waals surface area contributed by atoms with Crippen molar-refractivity contribution in [1.29, 1.82) is 0 Å². The van der Waals surface area contributed by atoms with Crippen LogP contribution in [-0.2, 0) is 16.1 Å². The van der Waals surface area contributed by atoms with Crippen molar-refractivity contribution in [3.8, 4) is 11.3 Å². The highest BCUT2D eigenvalue weighted by Crippen LogP contribution is 2.27. The Labute approximate surface area is 185 Å². The zero-order chi connectivity index (χ0) is 21.6. The predicted octanol–water partition coefficient (Wildman–Crippen LogP) is 3.61. The van der Waals surface area contributed by atoms with Crippen LogP contribution in [-0.4, -0.2) is 52.3 Å². The van der Waals surface area contributed by atoms with E-state index in [4.69, 9.17) is 9.72 Å². The molecule has 8 nitrogen and oxygen atoms in total. The number of ether oxygens (including phenoxy) is 1. The van der Waals surface area contributed by atoms with E-state index >= 15 is 0 Å². The van der Waals surface area contributed by atoms with Crippen LogP contribution in [0.15, 0.2) is 49.1 Å². The van der Waals surface area contributed by atoms with Crippen LogP contribution in [0.25, 0.3) is 11.3 Å². The van der Waals surface area contributed by atoms with Crippen molar-refractivity contribution in [3.05, 3.63) is 59.6 Å². The fraction of sp³-hybridized carbons (Fsp3) is 0.273. The lowest BCUT2D eigenvalue weighted by molar-refractivity contribution is -0.111. The molecule has 160 valence electrons. The van der Waals surface area contributed by atoms with Gasteiger partial charge in [-0.1, -0.05) is 30.0 Å². The van der Waals surface area contributed by atoms with Gasteiger partial charge in [-0.3, -0.25) is 9.69 Å². The lowest BCUT2D eigenvalue weighted by Crippen LogP contribution is -2.35. The molecular weight excluding hydrogens is 412 g/mol. The molecule has 1 aliphatic heterocycles. The summed E-state index contributed by atoms with van der Waals surface area (Å²) in [6, 6.07) is 11.7. The van der Waals surface area contributed by atoms with Gasteiger partial charge < -0.3 is 15.4 Å². The van der Waals surface area contributed by atoms with Crippen LogP contribution < -0.4 is 10.6 Å². The molecule has 0 radical (unpaired) electrons. The van der Waals surface area contributed by atoms with Crippen LogP contribution in [0.1, 0.15) is 10.6 Å². The van der Waals surface area contributed by atoms with Crippen LogP contribution in [0.3, 0.4) is 0 Å². The average molecular weight is 437 g/mol. The van der Waals surface area contributed by atoms with E-state index in [1.807, 2.05) is 37.3 Å². The van der Waals surface area contributed by atoms with Crippen molar-refractivity contribution in [2.75, 3.05) is 36.9 Å². The summed E-state index contributed by atoms with van der Waals surface area (Å²) in [7, 11) is 0. The van der Waals surface area contributed by atoms with Gasteiger partial charge in [-0.2, -0.15) is 0 Å². The highest BCUT2D eigenvalue weighted by atomic mass is 32.1. The molecule has 1 aliphatic rings. The Morgan fingerprint density at radius 1 is 1.26 bits per heavy atom. The van der Waals surface area contributed by atoms with E-state index in [-0.39, 0.29) is 5.91 Å². The van der Waals surface area contributed by atoms with E-state index in [9.17, 15) is 4.79 Å². The number of rotatable bonds is 7. The number of nitrogens with one attached hydrogen (secondary N) is 2. The van der Waals surface area contributed by atoms with E-state index in [2.05, 4.69) is 38.4 Å². The fourth-order valence-corrected chi connectivity index (χ4v) is 3.91. The van der Waals surface area contributed by atoms with Crippen molar-refractivity contribution in [1.82, 2.24) is 20.1 Å². The summed E-state index contributed by atoms with van der Waals surface area (Å²) in [5, 5.41) is 15.9. The molecule has 31 heavy (non-hydrogen) atoms. The lowest BCUT2D eigenvalue weighted by atomic mass is 10.1. The smallest absolute Gasteiger partial charge is 0.247 e. The summed E-state index contributed by atoms with van der Waals surface area (Å²) in [5.41, 5.74) is 3.54. The van der Waals surface area contributed by atoms with Crippen molar-refractivity contribution in [3.63, 3.8) is 0 Å². The maximum absolute atomic E-state index is 11.7. The number of benzene rings is 1. The second-order valence-electron chi connectivity index (χ2n) is 7.16. The van der Waals surface area contributed by atoms with Crippen LogP contribution in [0.5, 0.6) is 0 Å². The first-order valence-electron chi connectivity index (χ1n) is 10.0. The minimum Gasteiger partial charge on any atom is -0.379 e. The Hall–Kier alpha value is -3.14. The third-order valence-electron chi connectivity index (χ3n) is 4.77. The number of aryl methyl sites for hydroxylation is 1. The molecule has 1 amide bonds. The Kier molecular flexibility index (Phi) is 6.66. The van der Waals surface area contributed by atoms with Gasteiger partial charge in [-0.15, -0.1) is 10.2 Å². The maximum Gasteiger partial charge on any atom is 0.247 e. The standard InChI is InChI=1S/C22H24N6O2S/c1-3-21(29)23-18-6-4-5-17(13-18)19-11-16(14-28-7-9-30-10-8-28)12-20(24-19)25-22-27-26-15(2)31-22/h3-6,11-13H,1,7-10,14H2,2H3,(H,23,29)(H,24,25,27). The summed E-state index contributed by atoms with van der Waals surface area (Å²) in [6.07, 6.45) is 1.25. The normalized spacial score (nSPS) is 14.2. The summed E-state index contributed by atoms with van der Waals surface area (Å²) < 4.78 is 5.47. The Balaban J connectivity index is 1.65. The third kappa shape index (κ3) is 5.72. The van der Waals surface area contributed by atoms with E-state index in [0.29, 0.717) is 16.6 Å². The summed E-state index contributed by atoms with van der Waals surface area (Å²) in [4.78, 5) is 18.8. The van der Waals surface area contributed by atoms with Gasteiger partial charge in [0.15, 0.2) is 0 Å². The monoisotopic (exact) mass is 436 g/mol. The highest BCUT2D eigenvalue weighted by molar-refractivity contribution is 7.15. The predicted molar refractivity (Wildman–Crippen MR) is 123 cm³/mol. The SMILES string of the molecule is C=CC(=O)Nc1cccc(-c2cc(CN3CCOCC3)cc(Nc3nnc(C)s3)n2)c1. The number of hydrogen-bond donors (Lipinski definition) is 2. The van der Waals surface area contributed by atoms with Gasteiger partial charge in [0.05, 0.1) is 18.9 Å². The zero-order valence-electron chi connectivity index (χ0n) is 17.3. The molecule has 0 atom stereocenters. The molecule has 0 saturated carbocycles. The Morgan fingerprint density at radius 3 is 2.84 bits per heavy atom. The maximum atomic E-state index is 11.7. The molecule has 3 heterocycles. The van der Waals surface area contributed by atoms with E-state index in [0.717, 1.165) is 54.7 Å². The van der Waals surface area contributed by atoms with Crippen molar-refractivity contribution in [2.24, 2.45) is 0 Å². The van der Waals surface area contributed by atoms with Gasteiger partial charge >= 0.3 is 0 Å². The summed E-state index contributed by atoms with van der Waals surface area (Å²) >= 11 is 1.48. The first-order valence-corrected chi connectivity index (χ1v) is 10.8. The summed E-state index contributed by atoms with van der Waals surface area (Å²) in [6.45, 7) is 9.52. The number of morpholine rings is 1. The minimum absolute atomic E-state index is 0.250. The lowest BCUT2D eigenvalue weighted by Gasteiger charge is -2.26. The molecule has 2 aromatic heterocycles. The van der Waals surface area contributed by atoms with E-state index in [1.165, 1.54) is 17.4 Å². The van der Waals surface area contributed by atoms with Crippen LogP contribution >= 0.6 is 11.3 Å². The number of amides is 1. The van der Waals surface area contributed by atoms with Gasteiger partial charge in [0, 0.05) is 30.9 Å². The molecule has 0 bridgehead atoms. The van der Waals surface area contributed by atoms with Gasteiger partial charge in [0.2, 0.25) is 11.0 Å². The number of carbonyl (C=O) groups excluding carboxylic acids is 1. The molecule has 1 saturated heterocycles. The van der Waals surface area contributed by atoms with Crippen molar-refractivity contribution in [2.45, 2.75) is 13.5 Å². The van der Waals surface area contributed by atoms with Gasteiger partial charge in [0.1, 0.15) is 10.8 Å². The zero-order valence-corrected chi connectivity index (χ0v) is 18.1. The fourth-order valence-electron chi connectivity index (χ4n) is 3.31. The molecule has 1 fully saturated rings. The Morgan fingerprint density at radius 2 is 2.10 bits per heavy atom. The van der Waals surface area contributed by atoms with Crippen LogP contribution in [0, 0.1) is 6.92 Å².